The van der Waals surface area contributed by atoms with Gasteiger partial charge in [-0.1, -0.05) is 20.3 Å². The lowest BCUT2D eigenvalue weighted by Gasteiger charge is -2.19. The van der Waals surface area contributed by atoms with E-state index in [1.54, 1.807) is 13.4 Å². The molecule has 19 heavy (non-hydrogen) atoms. The van der Waals surface area contributed by atoms with E-state index in [0.29, 0.717) is 6.61 Å². The summed E-state index contributed by atoms with van der Waals surface area (Å²) in [7, 11) is 1.72. The molecule has 1 unspecified atom stereocenters. The number of methoxy groups -OCH3 is 1. The molecule has 0 saturated heterocycles. The summed E-state index contributed by atoms with van der Waals surface area (Å²) in [5.74, 6) is 1.64. The first-order valence-corrected chi connectivity index (χ1v) is 7.52. The molecular weight excluding hydrogens is 308 g/mol. The van der Waals surface area contributed by atoms with Gasteiger partial charge in [0, 0.05) is 13.7 Å². The lowest BCUT2D eigenvalue weighted by molar-refractivity contribution is 0.182. The van der Waals surface area contributed by atoms with E-state index in [-0.39, 0.29) is 6.04 Å². The maximum atomic E-state index is 5.23. The van der Waals surface area contributed by atoms with Crippen LogP contribution >= 0.6 is 15.9 Å². The smallest absolute Gasteiger partial charge is 0.146 e. The predicted molar refractivity (Wildman–Crippen MR) is 82.7 cm³/mol. The largest absolute Gasteiger partial charge is 0.383 e. The number of nitrogens with zero attached hydrogens (tertiary/aromatic N) is 2. The molecule has 5 nitrogen and oxygen atoms in total. The van der Waals surface area contributed by atoms with Crippen LogP contribution in [0.4, 0.5) is 11.6 Å². The Balaban J connectivity index is 2.75. The zero-order valence-corrected chi connectivity index (χ0v) is 13.5. The highest BCUT2D eigenvalue weighted by Crippen LogP contribution is 2.27. The van der Waals surface area contributed by atoms with Crippen LogP contribution in [0, 0.1) is 0 Å². The summed E-state index contributed by atoms with van der Waals surface area (Å²) in [4.78, 5) is 8.52. The van der Waals surface area contributed by atoms with Crippen LogP contribution in [0.15, 0.2) is 10.8 Å². The number of hydrogen-bond acceptors (Lipinski definition) is 5. The maximum absolute atomic E-state index is 5.23. The number of aromatic nitrogens is 2. The third-order valence-electron chi connectivity index (χ3n) is 2.68. The Morgan fingerprint density at radius 2 is 2.00 bits per heavy atom. The molecule has 0 aromatic carbocycles. The van der Waals surface area contributed by atoms with Crippen LogP contribution in [-0.4, -0.2) is 36.3 Å². The Labute approximate surface area is 123 Å². The Morgan fingerprint density at radius 3 is 2.63 bits per heavy atom. The van der Waals surface area contributed by atoms with Crippen molar-refractivity contribution in [3.8, 4) is 0 Å². The van der Waals surface area contributed by atoms with E-state index >= 15 is 0 Å². The molecule has 0 radical (unpaired) electrons. The normalized spacial score (nSPS) is 12.2. The topological polar surface area (TPSA) is 59.1 Å². The summed E-state index contributed by atoms with van der Waals surface area (Å²) in [5.41, 5.74) is 0. The Morgan fingerprint density at radius 1 is 1.26 bits per heavy atom. The van der Waals surface area contributed by atoms with Gasteiger partial charge in [0.2, 0.25) is 0 Å². The quantitative estimate of drug-likeness (QED) is 0.727. The van der Waals surface area contributed by atoms with E-state index in [2.05, 4.69) is 50.4 Å². The van der Waals surface area contributed by atoms with Gasteiger partial charge in [0.05, 0.1) is 12.6 Å². The van der Waals surface area contributed by atoms with Gasteiger partial charge in [-0.05, 0) is 28.8 Å². The molecule has 108 valence electrons. The van der Waals surface area contributed by atoms with Crippen molar-refractivity contribution in [1.29, 1.82) is 0 Å². The van der Waals surface area contributed by atoms with E-state index in [4.69, 9.17) is 4.74 Å². The van der Waals surface area contributed by atoms with E-state index in [1.165, 1.54) is 0 Å². The van der Waals surface area contributed by atoms with Gasteiger partial charge in [-0.15, -0.1) is 0 Å². The second kappa shape index (κ2) is 9.09. The third-order valence-corrected chi connectivity index (χ3v) is 3.43. The van der Waals surface area contributed by atoms with E-state index in [1.807, 2.05) is 0 Å². The summed E-state index contributed by atoms with van der Waals surface area (Å²) in [6.45, 7) is 5.85. The van der Waals surface area contributed by atoms with Crippen molar-refractivity contribution in [3.63, 3.8) is 0 Å². The standard InChI is InChI=1S/C13H23BrN4O/c1-4-6-10(8-19-3)18-13-11(14)12(15-7-5-2)16-9-17-13/h9-10H,4-8H2,1-3H3,(H2,15,16,17,18). The molecule has 0 aliphatic heterocycles. The van der Waals surface area contributed by atoms with Crippen LogP contribution in [-0.2, 0) is 4.74 Å². The molecule has 6 heteroatoms. The SMILES string of the molecule is CCCNc1ncnc(NC(CCC)COC)c1Br. The van der Waals surface area contributed by atoms with Crippen LogP contribution < -0.4 is 10.6 Å². The first-order chi connectivity index (χ1) is 9.22. The van der Waals surface area contributed by atoms with Crippen molar-refractivity contribution in [2.24, 2.45) is 0 Å². The van der Waals surface area contributed by atoms with Crippen molar-refractivity contribution in [2.75, 3.05) is 30.9 Å². The van der Waals surface area contributed by atoms with E-state index in [0.717, 1.165) is 41.9 Å². The molecule has 1 aromatic heterocycles. The zero-order valence-electron chi connectivity index (χ0n) is 11.9. The van der Waals surface area contributed by atoms with Gasteiger partial charge >= 0.3 is 0 Å². The van der Waals surface area contributed by atoms with Gasteiger partial charge in [0.1, 0.15) is 22.4 Å². The van der Waals surface area contributed by atoms with E-state index < -0.39 is 0 Å². The molecule has 0 aliphatic rings. The first kappa shape index (κ1) is 16.2. The lowest BCUT2D eigenvalue weighted by Crippen LogP contribution is -2.25. The number of ether oxygens (including phenoxy) is 1. The minimum atomic E-state index is 0.264. The van der Waals surface area contributed by atoms with Crippen molar-refractivity contribution >= 4 is 27.6 Å². The number of hydrogen-bond donors (Lipinski definition) is 2. The third kappa shape index (κ3) is 5.32. The molecular formula is C13H23BrN4O. The van der Waals surface area contributed by atoms with Gasteiger partial charge in [0.15, 0.2) is 0 Å². The summed E-state index contributed by atoms with van der Waals surface area (Å²) in [6, 6.07) is 0.264. The number of halogens is 1. The lowest BCUT2D eigenvalue weighted by atomic mass is 10.2. The van der Waals surface area contributed by atoms with Crippen LogP contribution in [0.5, 0.6) is 0 Å². The Hall–Kier alpha value is -0.880. The van der Waals surface area contributed by atoms with Crippen molar-refractivity contribution in [1.82, 2.24) is 9.97 Å². The molecule has 0 amide bonds. The van der Waals surface area contributed by atoms with Crippen LogP contribution in [0.2, 0.25) is 0 Å². The molecule has 1 aromatic rings. The van der Waals surface area contributed by atoms with Crippen molar-refractivity contribution < 1.29 is 4.74 Å². The average Bonchev–Trinajstić information content (AvgIpc) is 2.40. The van der Waals surface area contributed by atoms with Crippen LogP contribution in [0.1, 0.15) is 33.1 Å². The molecule has 0 saturated carbocycles. The number of anilines is 2. The van der Waals surface area contributed by atoms with Gasteiger partial charge in [-0.2, -0.15) is 0 Å². The molecule has 1 heterocycles. The second-order valence-corrected chi connectivity index (χ2v) is 5.19. The molecule has 0 fully saturated rings. The zero-order chi connectivity index (χ0) is 14.1. The summed E-state index contributed by atoms with van der Waals surface area (Å²) < 4.78 is 6.10. The van der Waals surface area contributed by atoms with Gasteiger partial charge in [-0.3, -0.25) is 0 Å². The van der Waals surface area contributed by atoms with Gasteiger partial charge in [0.25, 0.3) is 0 Å². The highest BCUT2D eigenvalue weighted by Gasteiger charge is 2.13. The Kier molecular flexibility index (Phi) is 7.74. The minimum absolute atomic E-state index is 0.264. The predicted octanol–water partition coefficient (Wildman–Crippen LogP) is 3.29. The van der Waals surface area contributed by atoms with Crippen LogP contribution in [0.25, 0.3) is 0 Å². The van der Waals surface area contributed by atoms with Gasteiger partial charge in [-0.25, -0.2) is 9.97 Å². The molecule has 0 bridgehead atoms. The van der Waals surface area contributed by atoms with E-state index in [9.17, 15) is 0 Å². The fourth-order valence-electron chi connectivity index (χ4n) is 1.78. The number of nitrogens with one attached hydrogen (secondary N) is 2. The fourth-order valence-corrected chi connectivity index (χ4v) is 2.24. The fraction of sp³-hybridized carbons (Fsp3) is 0.692. The average molecular weight is 331 g/mol. The minimum Gasteiger partial charge on any atom is -0.383 e. The van der Waals surface area contributed by atoms with Gasteiger partial charge < -0.3 is 15.4 Å². The molecule has 1 atom stereocenters. The summed E-state index contributed by atoms with van der Waals surface area (Å²) in [6.07, 6.45) is 4.77. The summed E-state index contributed by atoms with van der Waals surface area (Å²) >= 11 is 3.55. The molecule has 0 aliphatic carbocycles. The molecule has 2 N–H and O–H groups in total. The highest BCUT2D eigenvalue weighted by molar-refractivity contribution is 9.10. The number of rotatable bonds is 9. The van der Waals surface area contributed by atoms with Crippen molar-refractivity contribution in [2.45, 2.75) is 39.2 Å². The molecule has 0 spiro atoms. The first-order valence-electron chi connectivity index (χ1n) is 6.72. The summed E-state index contributed by atoms with van der Waals surface area (Å²) in [5, 5.41) is 6.67. The Bertz CT molecular complexity index is 370. The van der Waals surface area contributed by atoms with Crippen molar-refractivity contribution in [3.05, 3.63) is 10.8 Å². The maximum Gasteiger partial charge on any atom is 0.146 e. The molecule has 1 rings (SSSR count). The second-order valence-electron chi connectivity index (χ2n) is 4.40. The van der Waals surface area contributed by atoms with Crippen LogP contribution in [0.3, 0.4) is 0 Å². The highest BCUT2D eigenvalue weighted by atomic mass is 79.9. The monoisotopic (exact) mass is 330 g/mol.